The highest BCUT2D eigenvalue weighted by Gasteiger charge is 2.10. The third kappa shape index (κ3) is 5.86. The van der Waals surface area contributed by atoms with Crippen molar-refractivity contribution in [1.29, 1.82) is 0 Å². The third-order valence-electron chi connectivity index (χ3n) is 3.71. The van der Waals surface area contributed by atoms with Gasteiger partial charge in [-0.1, -0.05) is 33.1 Å². The first-order valence-corrected chi connectivity index (χ1v) is 7.32. The van der Waals surface area contributed by atoms with Crippen molar-refractivity contribution in [1.82, 2.24) is 10.2 Å². The van der Waals surface area contributed by atoms with Crippen molar-refractivity contribution >= 4 is 0 Å². The minimum atomic E-state index is 0.754. The second-order valence-corrected chi connectivity index (χ2v) is 5.10. The average molecular weight is 226 g/mol. The van der Waals surface area contributed by atoms with Crippen LogP contribution in [0.4, 0.5) is 0 Å². The van der Waals surface area contributed by atoms with Crippen LogP contribution < -0.4 is 5.32 Å². The van der Waals surface area contributed by atoms with Gasteiger partial charge in [-0.15, -0.1) is 0 Å². The summed E-state index contributed by atoms with van der Waals surface area (Å²) in [5.41, 5.74) is 0. The Bertz CT molecular complexity index is 153. The molecule has 0 amide bonds. The molecule has 1 N–H and O–H groups in total. The summed E-state index contributed by atoms with van der Waals surface area (Å²) in [5.74, 6) is 0. The van der Waals surface area contributed by atoms with Crippen LogP contribution in [-0.4, -0.2) is 37.1 Å². The van der Waals surface area contributed by atoms with Crippen LogP contribution in [0.15, 0.2) is 0 Å². The van der Waals surface area contributed by atoms with Crippen molar-refractivity contribution < 1.29 is 0 Å². The SMILES string of the molecule is CCCCC(CC)NCCN1CCCCC1. The maximum Gasteiger partial charge on any atom is 0.0107 e. The highest BCUT2D eigenvalue weighted by molar-refractivity contribution is 4.69. The molecule has 0 aromatic rings. The van der Waals surface area contributed by atoms with Crippen LogP contribution in [0.5, 0.6) is 0 Å². The summed E-state index contributed by atoms with van der Waals surface area (Å²) in [6, 6.07) is 0.754. The number of hydrogen-bond donors (Lipinski definition) is 1. The summed E-state index contributed by atoms with van der Waals surface area (Å²) in [6.07, 6.45) is 9.59. The van der Waals surface area contributed by atoms with Gasteiger partial charge in [0.1, 0.15) is 0 Å². The number of piperidine rings is 1. The second-order valence-electron chi connectivity index (χ2n) is 5.10. The predicted molar refractivity (Wildman–Crippen MR) is 71.9 cm³/mol. The lowest BCUT2D eigenvalue weighted by Crippen LogP contribution is -2.39. The van der Waals surface area contributed by atoms with Gasteiger partial charge in [0.25, 0.3) is 0 Å². The zero-order valence-corrected chi connectivity index (χ0v) is 11.3. The summed E-state index contributed by atoms with van der Waals surface area (Å²) < 4.78 is 0. The van der Waals surface area contributed by atoms with Gasteiger partial charge in [-0.25, -0.2) is 0 Å². The van der Waals surface area contributed by atoms with E-state index < -0.39 is 0 Å². The number of nitrogens with zero attached hydrogens (tertiary/aromatic N) is 1. The second kappa shape index (κ2) is 9.00. The maximum absolute atomic E-state index is 3.71. The van der Waals surface area contributed by atoms with Crippen LogP contribution in [0.3, 0.4) is 0 Å². The monoisotopic (exact) mass is 226 g/mol. The van der Waals surface area contributed by atoms with Crippen molar-refractivity contribution in [3.05, 3.63) is 0 Å². The fraction of sp³-hybridized carbons (Fsp3) is 1.00. The summed E-state index contributed by atoms with van der Waals surface area (Å²) in [7, 11) is 0. The van der Waals surface area contributed by atoms with Crippen LogP contribution in [0.25, 0.3) is 0 Å². The van der Waals surface area contributed by atoms with Gasteiger partial charge in [-0.3, -0.25) is 0 Å². The number of rotatable bonds is 8. The van der Waals surface area contributed by atoms with E-state index in [0.717, 1.165) is 6.04 Å². The van der Waals surface area contributed by atoms with Crippen LogP contribution in [0, 0.1) is 0 Å². The van der Waals surface area contributed by atoms with E-state index in [4.69, 9.17) is 0 Å². The highest BCUT2D eigenvalue weighted by Crippen LogP contribution is 2.08. The molecule has 0 aromatic heterocycles. The quantitative estimate of drug-likeness (QED) is 0.684. The molecule has 96 valence electrons. The molecule has 1 aliphatic rings. The molecule has 2 heteroatoms. The zero-order valence-electron chi connectivity index (χ0n) is 11.3. The Kier molecular flexibility index (Phi) is 7.87. The molecule has 1 unspecified atom stereocenters. The largest absolute Gasteiger partial charge is 0.313 e. The third-order valence-corrected chi connectivity index (χ3v) is 3.71. The molecule has 1 atom stereocenters. The van der Waals surface area contributed by atoms with E-state index in [9.17, 15) is 0 Å². The van der Waals surface area contributed by atoms with Crippen molar-refractivity contribution in [3.63, 3.8) is 0 Å². The molecule has 0 bridgehead atoms. The van der Waals surface area contributed by atoms with E-state index in [1.807, 2.05) is 0 Å². The first-order valence-electron chi connectivity index (χ1n) is 7.32. The molecular formula is C14H30N2. The molecular weight excluding hydrogens is 196 g/mol. The van der Waals surface area contributed by atoms with Crippen LogP contribution in [-0.2, 0) is 0 Å². The molecule has 0 radical (unpaired) electrons. The summed E-state index contributed by atoms with van der Waals surface area (Å²) in [5, 5.41) is 3.71. The Morgan fingerprint density at radius 2 is 1.88 bits per heavy atom. The lowest BCUT2D eigenvalue weighted by molar-refractivity contribution is 0.225. The number of likely N-dealkylation sites (tertiary alicyclic amines) is 1. The molecule has 1 aliphatic heterocycles. The number of hydrogen-bond acceptors (Lipinski definition) is 2. The summed E-state index contributed by atoms with van der Waals surface area (Å²) >= 11 is 0. The first kappa shape index (κ1) is 14.0. The Morgan fingerprint density at radius 3 is 2.50 bits per heavy atom. The summed E-state index contributed by atoms with van der Waals surface area (Å²) in [6.45, 7) is 9.67. The maximum atomic E-state index is 3.71. The van der Waals surface area contributed by atoms with Crippen molar-refractivity contribution in [2.24, 2.45) is 0 Å². The van der Waals surface area contributed by atoms with Crippen LogP contribution in [0.1, 0.15) is 58.8 Å². The van der Waals surface area contributed by atoms with E-state index >= 15 is 0 Å². The standard InChI is InChI=1S/C14H30N2/c1-3-5-9-14(4-2)15-10-13-16-11-7-6-8-12-16/h14-15H,3-13H2,1-2H3. The molecule has 1 rings (SSSR count). The smallest absolute Gasteiger partial charge is 0.0107 e. The topological polar surface area (TPSA) is 15.3 Å². The van der Waals surface area contributed by atoms with Crippen molar-refractivity contribution in [2.75, 3.05) is 26.2 Å². The normalized spacial score (nSPS) is 19.9. The average Bonchev–Trinajstić information content (AvgIpc) is 2.35. The van der Waals surface area contributed by atoms with Crippen LogP contribution in [0.2, 0.25) is 0 Å². The molecule has 1 saturated heterocycles. The molecule has 2 nitrogen and oxygen atoms in total. The van der Waals surface area contributed by atoms with E-state index in [1.165, 1.54) is 71.1 Å². The van der Waals surface area contributed by atoms with Gasteiger partial charge in [0, 0.05) is 19.1 Å². The van der Waals surface area contributed by atoms with E-state index in [1.54, 1.807) is 0 Å². The Labute approximate surface area is 102 Å². The fourth-order valence-electron chi connectivity index (χ4n) is 2.51. The van der Waals surface area contributed by atoms with Crippen molar-refractivity contribution in [2.45, 2.75) is 64.8 Å². The highest BCUT2D eigenvalue weighted by atomic mass is 15.1. The van der Waals surface area contributed by atoms with Gasteiger partial charge in [0.15, 0.2) is 0 Å². The van der Waals surface area contributed by atoms with Gasteiger partial charge in [0.2, 0.25) is 0 Å². The van der Waals surface area contributed by atoms with Crippen molar-refractivity contribution in [3.8, 4) is 0 Å². The molecule has 0 saturated carbocycles. The molecule has 1 heterocycles. The molecule has 1 fully saturated rings. The van der Waals surface area contributed by atoms with E-state index in [0.29, 0.717) is 0 Å². The summed E-state index contributed by atoms with van der Waals surface area (Å²) in [4.78, 5) is 2.61. The Morgan fingerprint density at radius 1 is 1.12 bits per heavy atom. The zero-order chi connectivity index (χ0) is 11.6. The lowest BCUT2D eigenvalue weighted by Gasteiger charge is -2.27. The van der Waals surface area contributed by atoms with Gasteiger partial charge < -0.3 is 10.2 Å². The lowest BCUT2D eigenvalue weighted by atomic mass is 10.1. The predicted octanol–water partition coefficient (Wildman–Crippen LogP) is 3.03. The number of unbranched alkanes of at least 4 members (excludes halogenated alkanes) is 1. The molecule has 0 aromatic carbocycles. The fourth-order valence-corrected chi connectivity index (χ4v) is 2.51. The molecule has 0 spiro atoms. The van der Waals surface area contributed by atoms with E-state index in [2.05, 4.69) is 24.1 Å². The molecule has 16 heavy (non-hydrogen) atoms. The molecule has 0 aliphatic carbocycles. The Hall–Kier alpha value is -0.0800. The van der Waals surface area contributed by atoms with Gasteiger partial charge in [-0.05, 0) is 38.8 Å². The first-order chi connectivity index (χ1) is 7.86. The Balaban J connectivity index is 2.02. The van der Waals surface area contributed by atoms with Crippen LogP contribution >= 0.6 is 0 Å². The van der Waals surface area contributed by atoms with Gasteiger partial charge in [0.05, 0.1) is 0 Å². The van der Waals surface area contributed by atoms with Gasteiger partial charge in [-0.2, -0.15) is 0 Å². The number of nitrogens with one attached hydrogen (secondary N) is 1. The van der Waals surface area contributed by atoms with Gasteiger partial charge >= 0.3 is 0 Å². The minimum absolute atomic E-state index is 0.754. The minimum Gasteiger partial charge on any atom is -0.313 e. The van der Waals surface area contributed by atoms with E-state index in [-0.39, 0.29) is 0 Å².